The molecule has 0 spiro atoms. The van der Waals surface area contributed by atoms with E-state index < -0.39 is 0 Å². The van der Waals surface area contributed by atoms with E-state index in [0.29, 0.717) is 6.67 Å². The van der Waals surface area contributed by atoms with Gasteiger partial charge in [-0.15, -0.1) is 0 Å². The number of rotatable bonds is 5. The monoisotopic (exact) mass is 531 g/mol. The number of aromatic nitrogens is 3. The predicted octanol–water partition coefficient (Wildman–Crippen LogP) is 8.26. The highest BCUT2D eigenvalue weighted by molar-refractivity contribution is 9.10. The average molecular weight is 532 g/mol. The van der Waals surface area contributed by atoms with Crippen LogP contribution in [-0.4, -0.2) is 21.6 Å². The molecule has 0 bridgehead atoms. The molecule has 174 valence electrons. The molecule has 0 aliphatic carbocycles. The lowest BCUT2D eigenvalue weighted by molar-refractivity contribution is 1.22. The summed E-state index contributed by atoms with van der Waals surface area (Å²) in [7, 11) is 0. The number of imidazole rings is 1. The molecule has 0 atom stereocenters. The van der Waals surface area contributed by atoms with E-state index in [-0.39, 0.29) is 0 Å². The second-order valence-corrected chi connectivity index (χ2v) is 9.82. The van der Waals surface area contributed by atoms with Crippen LogP contribution >= 0.6 is 15.9 Å². The fraction of sp³-hybridized carbons (Fsp3) is 0.0333. The number of fused-ring (bicyclic) bond motifs is 7. The summed E-state index contributed by atoms with van der Waals surface area (Å²) < 4.78 is 1.04. The third kappa shape index (κ3) is 3.49. The Morgan fingerprint density at radius 1 is 0.694 bits per heavy atom. The Bertz CT molecular complexity index is 1880. The van der Waals surface area contributed by atoms with Gasteiger partial charge >= 0.3 is 0 Å². The maximum Gasteiger partial charge on any atom is 0.140 e. The number of halogens is 1. The lowest BCUT2D eigenvalue weighted by Gasteiger charge is -2.11. The van der Waals surface area contributed by atoms with E-state index in [2.05, 4.69) is 103 Å². The number of anilines is 2. The van der Waals surface area contributed by atoms with Gasteiger partial charge in [-0.2, -0.15) is 0 Å². The van der Waals surface area contributed by atoms with Gasteiger partial charge in [0.25, 0.3) is 0 Å². The Balaban J connectivity index is 1.37. The number of hydrogen-bond donors (Lipinski definition) is 4. The van der Waals surface area contributed by atoms with E-state index in [9.17, 15) is 0 Å². The van der Waals surface area contributed by atoms with E-state index in [4.69, 9.17) is 4.98 Å². The van der Waals surface area contributed by atoms with Gasteiger partial charge in [-0.25, -0.2) is 4.98 Å². The van der Waals surface area contributed by atoms with Gasteiger partial charge in [0.2, 0.25) is 0 Å². The number of aromatic amines is 2. The molecule has 6 heteroatoms. The fourth-order valence-corrected chi connectivity index (χ4v) is 5.37. The van der Waals surface area contributed by atoms with Crippen LogP contribution in [0.3, 0.4) is 0 Å². The van der Waals surface area contributed by atoms with Crippen molar-refractivity contribution in [2.45, 2.75) is 0 Å². The maximum absolute atomic E-state index is 5.15. The van der Waals surface area contributed by atoms with Crippen molar-refractivity contribution in [1.29, 1.82) is 0 Å². The van der Waals surface area contributed by atoms with Crippen LogP contribution in [-0.2, 0) is 0 Å². The van der Waals surface area contributed by atoms with Crippen molar-refractivity contribution < 1.29 is 0 Å². The molecule has 36 heavy (non-hydrogen) atoms. The van der Waals surface area contributed by atoms with Gasteiger partial charge in [-0.1, -0.05) is 64.5 Å². The smallest absolute Gasteiger partial charge is 0.140 e. The SMILES string of the molecule is Brc1ccc2[nH]cc(-c3nc4c5cc(NCNc6ccccc6)ccc5c5ccccc5c4[nH]3)c2c1. The fourth-order valence-electron chi connectivity index (χ4n) is 5.00. The summed E-state index contributed by atoms with van der Waals surface area (Å²) in [5, 5.41) is 12.7. The van der Waals surface area contributed by atoms with Crippen LogP contribution in [0.5, 0.6) is 0 Å². The van der Waals surface area contributed by atoms with E-state index in [0.717, 1.165) is 54.6 Å². The standard InChI is InChI=1S/C30H22BrN5/c31-18-10-13-27-24(14-18)26(16-32-27)30-35-28-23-9-5-4-8-21(23)22-12-11-20(15-25(22)29(28)36-30)34-17-33-19-6-2-1-3-7-19/h1-16,32-34H,17H2,(H,35,36). The molecule has 0 saturated carbocycles. The molecule has 7 rings (SSSR count). The zero-order valence-corrected chi connectivity index (χ0v) is 20.9. The molecular formula is C30H22BrN5. The van der Waals surface area contributed by atoms with Crippen molar-refractivity contribution in [3.63, 3.8) is 0 Å². The lowest BCUT2D eigenvalue weighted by Crippen LogP contribution is -2.11. The van der Waals surface area contributed by atoms with Crippen LogP contribution in [0.2, 0.25) is 0 Å². The minimum atomic E-state index is 0.627. The predicted molar refractivity (Wildman–Crippen MR) is 155 cm³/mol. The molecule has 5 aromatic carbocycles. The third-order valence-corrected chi connectivity index (χ3v) is 7.22. The first-order chi connectivity index (χ1) is 17.7. The second-order valence-electron chi connectivity index (χ2n) is 8.90. The summed E-state index contributed by atoms with van der Waals surface area (Å²) >= 11 is 3.61. The van der Waals surface area contributed by atoms with E-state index in [1.54, 1.807) is 0 Å². The van der Waals surface area contributed by atoms with Gasteiger partial charge in [0, 0.05) is 49.3 Å². The molecule has 5 nitrogen and oxygen atoms in total. The normalized spacial score (nSPS) is 11.6. The first kappa shape index (κ1) is 21.0. The molecule has 2 heterocycles. The topological polar surface area (TPSA) is 68.5 Å². The zero-order chi connectivity index (χ0) is 24.1. The van der Waals surface area contributed by atoms with Crippen molar-refractivity contribution in [1.82, 2.24) is 15.0 Å². The van der Waals surface area contributed by atoms with E-state index >= 15 is 0 Å². The Morgan fingerprint density at radius 3 is 2.36 bits per heavy atom. The zero-order valence-electron chi connectivity index (χ0n) is 19.3. The van der Waals surface area contributed by atoms with Crippen LogP contribution in [0.25, 0.3) is 54.9 Å². The first-order valence-corrected chi connectivity index (χ1v) is 12.7. The molecule has 0 unspecified atom stereocenters. The number of benzene rings is 5. The quantitative estimate of drug-likeness (QED) is 0.133. The number of para-hydroxylation sites is 1. The third-order valence-electron chi connectivity index (χ3n) is 6.72. The molecule has 0 aliphatic heterocycles. The molecule has 0 radical (unpaired) electrons. The van der Waals surface area contributed by atoms with Crippen molar-refractivity contribution in [3.05, 3.63) is 102 Å². The number of nitrogens with one attached hydrogen (secondary N) is 4. The van der Waals surface area contributed by atoms with Crippen LogP contribution < -0.4 is 10.6 Å². The molecule has 0 saturated heterocycles. The molecule has 0 fully saturated rings. The number of H-pyrrole nitrogens is 2. The van der Waals surface area contributed by atoms with Crippen molar-refractivity contribution >= 4 is 70.8 Å². The van der Waals surface area contributed by atoms with Crippen LogP contribution in [0.4, 0.5) is 11.4 Å². The Labute approximate surface area is 215 Å². The van der Waals surface area contributed by atoms with Crippen molar-refractivity contribution in [2.75, 3.05) is 17.3 Å². The summed E-state index contributed by atoms with van der Waals surface area (Å²) in [6.45, 7) is 0.627. The van der Waals surface area contributed by atoms with Crippen LogP contribution in [0.15, 0.2) is 102 Å². The summed E-state index contributed by atoms with van der Waals surface area (Å²) in [6, 6.07) is 31.5. The highest BCUT2D eigenvalue weighted by atomic mass is 79.9. The van der Waals surface area contributed by atoms with Crippen molar-refractivity contribution in [3.8, 4) is 11.4 Å². The number of hydrogen-bond acceptors (Lipinski definition) is 3. The molecular weight excluding hydrogens is 510 g/mol. The molecule has 7 aromatic rings. The van der Waals surface area contributed by atoms with Crippen LogP contribution in [0.1, 0.15) is 0 Å². The minimum Gasteiger partial charge on any atom is -0.368 e. The largest absolute Gasteiger partial charge is 0.368 e. The Hall–Kier alpha value is -4.29. The molecule has 0 aliphatic rings. The summed E-state index contributed by atoms with van der Waals surface area (Å²) in [5.74, 6) is 0.858. The maximum atomic E-state index is 5.15. The van der Waals surface area contributed by atoms with Gasteiger partial charge in [0.15, 0.2) is 0 Å². The first-order valence-electron chi connectivity index (χ1n) is 11.9. The Morgan fingerprint density at radius 2 is 1.47 bits per heavy atom. The second kappa shape index (κ2) is 8.43. The molecule has 2 aromatic heterocycles. The minimum absolute atomic E-state index is 0.627. The summed E-state index contributed by atoms with van der Waals surface area (Å²) in [6.07, 6.45) is 2.03. The molecule has 4 N–H and O–H groups in total. The van der Waals surface area contributed by atoms with E-state index in [1.807, 2.05) is 30.5 Å². The van der Waals surface area contributed by atoms with Gasteiger partial charge in [0.1, 0.15) is 5.82 Å². The van der Waals surface area contributed by atoms with Gasteiger partial charge in [-0.05, 0) is 53.2 Å². The summed E-state index contributed by atoms with van der Waals surface area (Å²) in [5.41, 5.74) is 6.30. The van der Waals surface area contributed by atoms with Crippen LogP contribution in [0, 0.1) is 0 Å². The van der Waals surface area contributed by atoms with Gasteiger partial charge < -0.3 is 20.6 Å². The van der Waals surface area contributed by atoms with E-state index in [1.165, 1.54) is 16.2 Å². The highest BCUT2D eigenvalue weighted by Gasteiger charge is 2.16. The highest BCUT2D eigenvalue weighted by Crippen LogP contribution is 2.38. The lowest BCUT2D eigenvalue weighted by atomic mass is 9.99. The summed E-state index contributed by atoms with van der Waals surface area (Å²) in [4.78, 5) is 12.2. The average Bonchev–Trinajstić information content (AvgIpc) is 3.54. The number of nitrogens with zero attached hydrogens (tertiary/aromatic N) is 1. The molecule has 0 amide bonds. The van der Waals surface area contributed by atoms with Gasteiger partial charge in [0.05, 0.1) is 17.7 Å². The van der Waals surface area contributed by atoms with Gasteiger partial charge in [-0.3, -0.25) is 0 Å². The van der Waals surface area contributed by atoms with Crippen molar-refractivity contribution in [2.24, 2.45) is 0 Å². The Kier molecular flexibility index (Phi) is 4.92.